The van der Waals surface area contributed by atoms with Crippen molar-refractivity contribution in [2.24, 2.45) is 0 Å². The Hall–Kier alpha value is -3.14. The molecular weight excluding hydrogens is 403 g/mol. The number of alkyl halides is 3. The van der Waals surface area contributed by atoms with Gasteiger partial charge in [0.05, 0.1) is 18.5 Å². The molecule has 1 saturated heterocycles. The molecule has 7 nitrogen and oxygen atoms in total. The number of fused-ring (bicyclic) bond motifs is 1. The number of halogens is 3. The summed E-state index contributed by atoms with van der Waals surface area (Å²) < 4.78 is 51.0. The molecule has 1 atom stereocenters. The summed E-state index contributed by atoms with van der Waals surface area (Å²) in [7, 11) is 0. The number of aromatic nitrogens is 1. The van der Waals surface area contributed by atoms with Gasteiger partial charge in [0, 0.05) is 11.6 Å². The molecule has 2 aliphatic rings. The number of nitrogens with zero attached hydrogens (tertiary/aromatic N) is 2. The van der Waals surface area contributed by atoms with Gasteiger partial charge < -0.3 is 14.8 Å². The van der Waals surface area contributed by atoms with Crippen LogP contribution in [0.2, 0.25) is 0 Å². The highest BCUT2D eigenvalue weighted by Crippen LogP contribution is 2.48. The third kappa shape index (κ3) is 3.07. The molecule has 2 aromatic rings. The Morgan fingerprint density at radius 2 is 1.90 bits per heavy atom. The predicted octanol–water partition coefficient (Wildman–Crippen LogP) is 4.02. The smallest absolute Gasteiger partial charge is 0.421 e. The number of ether oxygens (including phenoxy) is 2. The minimum atomic E-state index is -4.58. The normalized spacial score (nSPS) is 22.8. The summed E-state index contributed by atoms with van der Waals surface area (Å²) >= 11 is 0. The second kappa shape index (κ2) is 6.43. The molecule has 2 aliphatic heterocycles. The molecule has 1 aromatic heterocycles. The molecular formula is C20H18F3N3O4. The summed E-state index contributed by atoms with van der Waals surface area (Å²) in [6.45, 7) is 4.02. The van der Waals surface area contributed by atoms with Gasteiger partial charge in [0.15, 0.2) is 5.60 Å². The van der Waals surface area contributed by atoms with E-state index in [-0.39, 0.29) is 29.5 Å². The van der Waals surface area contributed by atoms with Crippen molar-refractivity contribution < 1.29 is 32.2 Å². The summed E-state index contributed by atoms with van der Waals surface area (Å²) in [5.74, 6) is -0.170. The zero-order chi connectivity index (χ0) is 21.9. The Bertz CT molecular complexity index is 1040. The predicted molar refractivity (Wildman–Crippen MR) is 99.0 cm³/mol. The van der Waals surface area contributed by atoms with E-state index in [0.29, 0.717) is 5.56 Å². The molecule has 3 heterocycles. The Balaban J connectivity index is 1.56. The van der Waals surface area contributed by atoms with E-state index < -0.39 is 29.3 Å². The molecule has 0 bridgehead atoms. The van der Waals surface area contributed by atoms with Crippen molar-refractivity contribution in [2.75, 3.05) is 4.90 Å². The molecule has 0 radical (unpaired) electrons. The van der Waals surface area contributed by atoms with E-state index in [2.05, 4.69) is 10.3 Å². The Morgan fingerprint density at radius 3 is 2.47 bits per heavy atom. The fourth-order valence-electron chi connectivity index (χ4n) is 3.39. The maximum absolute atomic E-state index is 13.4. The van der Waals surface area contributed by atoms with Gasteiger partial charge in [-0.3, -0.25) is 4.79 Å². The molecule has 4 rings (SSSR count). The number of urea groups is 1. The van der Waals surface area contributed by atoms with E-state index in [9.17, 15) is 22.8 Å². The minimum absolute atomic E-state index is 0.00862. The van der Waals surface area contributed by atoms with Gasteiger partial charge in [-0.15, -0.1) is 0 Å². The van der Waals surface area contributed by atoms with Crippen molar-refractivity contribution in [3.05, 3.63) is 47.7 Å². The molecule has 1 fully saturated rings. The van der Waals surface area contributed by atoms with E-state index in [1.54, 1.807) is 13.8 Å². The molecule has 1 aromatic carbocycles. The molecule has 0 aliphatic carbocycles. The fourth-order valence-corrected chi connectivity index (χ4v) is 3.39. The number of imide groups is 1. The lowest BCUT2D eigenvalue weighted by Gasteiger charge is -2.27. The highest BCUT2D eigenvalue weighted by Gasteiger charge is 2.57. The van der Waals surface area contributed by atoms with Crippen molar-refractivity contribution >= 4 is 17.6 Å². The maximum atomic E-state index is 13.4. The molecule has 30 heavy (non-hydrogen) atoms. The van der Waals surface area contributed by atoms with Crippen LogP contribution < -0.4 is 15.0 Å². The number of hydrogen-bond donors (Lipinski definition) is 1. The molecule has 0 spiro atoms. The van der Waals surface area contributed by atoms with Crippen molar-refractivity contribution in [2.45, 2.75) is 44.7 Å². The Morgan fingerprint density at radius 1 is 1.17 bits per heavy atom. The Kier molecular flexibility index (Phi) is 4.32. The van der Waals surface area contributed by atoms with Crippen LogP contribution in [-0.4, -0.2) is 28.6 Å². The third-order valence-electron chi connectivity index (χ3n) is 5.21. The van der Waals surface area contributed by atoms with Gasteiger partial charge in [0.25, 0.3) is 5.91 Å². The summed E-state index contributed by atoms with van der Waals surface area (Å²) in [6, 6.07) is 6.66. The number of benzene rings is 1. The highest BCUT2D eigenvalue weighted by atomic mass is 19.4. The summed E-state index contributed by atoms with van der Waals surface area (Å²) in [4.78, 5) is 29.4. The van der Waals surface area contributed by atoms with Crippen LogP contribution in [-0.2, 0) is 21.7 Å². The van der Waals surface area contributed by atoms with Crippen LogP contribution >= 0.6 is 0 Å². The average Bonchev–Trinajstić information content (AvgIpc) is 3.10. The van der Waals surface area contributed by atoms with Crippen LogP contribution in [0.4, 0.5) is 23.7 Å². The fraction of sp³-hybridized carbons (Fsp3) is 0.350. The molecule has 0 saturated carbocycles. The van der Waals surface area contributed by atoms with Crippen LogP contribution in [0.1, 0.15) is 31.9 Å². The monoisotopic (exact) mass is 421 g/mol. The van der Waals surface area contributed by atoms with Gasteiger partial charge in [-0.05, 0) is 44.5 Å². The lowest BCUT2D eigenvalue weighted by Crippen LogP contribution is -2.40. The van der Waals surface area contributed by atoms with Gasteiger partial charge in [-0.25, -0.2) is 14.7 Å². The number of nitrogens with one attached hydrogen (secondary N) is 1. The number of amides is 3. The van der Waals surface area contributed by atoms with Gasteiger partial charge >= 0.3 is 12.2 Å². The number of anilines is 1. The van der Waals surface area contributed by atoms with Crippen molar-refractivity contribution in [1.82, 2.24) is 10.3 Å². The quantitative estimate of drug-likeness (QED) is 0.758. The molecule has 1 N–H and O–H groups in total. The lowest BCUT2D eigenvalue weighted by atomic mass is 9.93. The molecule has 1 unspecified atom stereocenters. The van der Waals surface area contributed by atoms with Crippen LogP contribution in [0.25, 0.3) is 0 Å². The van der Waals surface area contributed by atoms with Crippen LogP contribution in [0, 0.1) is 0 Å². The second-order valence-electron chi connectivity index (χ2n) is 7.79. The summed E-state index contributed by atoms with van der Waals surface area (Å²) in [5, 5.41) is 2.56. The van der Waals surface area contributed by atoms with Crippen molar-refractivity contribution in [3.8, 4) is 11.6 Å². The van der Waals surface area contributed by atoms with E-state index in [1.165, 1.54) is 36.5 Å². The third-order valence-corrected chi connectivity index (χ3v) is 5.21. The topological polar surface area (TPSA) is 80.8 Å². The van der Waals surface area contributed by atoms with E-state index in [1.807, 2.05) is 0 Å². The number of pyridine rings is 1. The number of rotatable bonds is 3. The zero-order valence-corrected chi connectivity index (χ0v) is 16.3. The van der Waals surface area contributed by atoms with Crippen LogP contribution in [0.3, 0.4) is 0 Å². The Labute approximate surface area is 169 Å². The SMILES string of the molecule is CC1(C)NC(=O)N(c2ccc(Oc3ccc4c(c3)C(C)(C(F)(F)F)OC4)nc2)C1=O. The van der Waals surface area contributed by atoms with Crippen LogP contribution in [0.5, 0.6) is 11.6 Å². The van der Waals surface area contributed by atoms with Gasteiger partial charge in [0.1, 0.15) is 11.3 Å². The second-order valence-corrected chi connectivity index (χ2v) is 7.79. The first-order valence-electron chi connectivity index (χ1n) is 9.07. The number of carbonyl (C=O) groups excluding carboxylic acids is 2. The van der Waals surface area contributed by atoms with Gasteiger partial charge in [0.2, 0.25) is 5.88 Å². The molecule has 3 amide bonds. The first-order chi connectivity index (χ1) is 13.9. The number of hydrogen-bond acceptors (Lipinski definition) is 5. The lowest BCUT2D eigenvalue weighted by molar-refractivity contribution is -0.272. The van der Waals surface area contributed by atoms with Gasteiger partial charge in [-0.1, -0.05) is 6.07 Å². The standard InChI is InChI=1S/C20H18F3N3O4/c1-18(2)16(27)26(17(28)25-18)12-5-7-15(24-9-12)30-13-6-4-11-10-29-19(3,14(11)8-13)20(21,22)23/h4-9H,10H2,1-3H3,(H,25,28). The first-order valence-corrected chi connectivity index (χ1v) is 9.07. The van der Waals surface area contributed by atoms with Crippen molar-refractivity contribution in [3.63, 3.8) is 0 Å². The van der Waals surface area contributed by atoms with E-state index >= 15 is 0 Å². The van der Waals surface area contributed by atoms with E-state index in [0.717, 1.165) is 11.8 Å². The average molecular weight is 421 g/mol. The summed E-state index contributed by atoms with van der Waals surface area (Å²) in [5.41, 5.74) is -2.75. The largest absolute Gasteiger partial charge is 0.439 e. The van der Waals surface area contributed by atoms with E-state index in [4.69, 9.17) is 9.47 Å². The van der Waals surface area contributed by atoms with Gasteiger partial charge in [-0.2, -0.15) is 13.2 Å². The first kappa shape index (κ1) is 20.1. The highest BCUT2D eigenvalue weighted by molar-refractivity contribution is 6.22. The molecule has 158 valence electrons. The summed E-state index contributed by atoms with van der Waals surface area (Å²) in [6.07, 6.45) is -3.29. The minimum Gasteiger partial charge on any atom is -0.439 e. The van der Waals surface area contributed by atoms with Crippen LogP contribution in [0.15, 0.2) is 36.5 Å². The maximum Gasteiger partial charge on any atom is 0.421 e. The number of carbonyl (C=O) groups is 2. The zero-order valence-electron chi connectivity index (χ0n) is 16.3. The molecule has 10 heteroatoms. The van der Waals surface area contributed by atoms with Crippen molar-refractivity contribution in [1.29, 1.82) is 0 Å².